The maximum Gasteiger partial charge on any atom is 0.252 e. The second kappa shape index (κ2) is 7.30. The summed E-state index contributed by atoms with van der Waals surface area (Å²) in [5.74, 6) is -0.605. The van der Waals surface area contributed by atoms with Crippen molar-refractivity contribution < 1.29 is 13.2 Å². The van der Waals surface area contributed by atoms with Gasteiger partial charge in [0.1, 0.15) is 0 Å². The maximum atomic E-state index is 12.6. The molecule has 0 N–H and O–H groups in total. The molecular weight excluding hydrogens is 426 g/mol. The molecule has 1 aromatic heterocycles. The van der Waals surface area contributed by atoms with Gasteiger partial charge in [-0.2, -0.15) is 4.99 Å². The van der Waals surface area contributed by atoms with Gasteiger partial charge in [-0.25, -0.2) is 12.7 Å². The van der Waals surface area contributed by atoms with E-state index < -0.39 is 10.0 Å². The molecule has 0 radical (unpaired) electrons. The molecule has 1 saturated heterocycles. The van der Waals surface area contributed by atoms with Crippen LogP contribution < -0.4 is 4.80 Å². The van der Waals surface area contributed by atoms with Crippen LogP contribution in [0.15, 0.2) is 27.7 Å². The van der Waals surface area contributed by atoms with E-state index in [-0.39, 0.29) is 18.4 Å². The molecule has 3 rings (SSSR count). The number of aromatic nitrogens is 1. The molecule has 2 heterocycles. The van der Waals surface area contributed by atoms with E-state index in [1.54, 1.807) is 0 Å². The van der Waals surface area contributed by atoms with Crippen LogP contribution in [-0.2, 0) is 21.4 Å². The molecule has 136 valence electrons. The first-order chi connectivity index (χ1) is 11.8. The van der Waals surface area contributed by atoms with Crippen LogP contribution in [0.2, 0.25) is 0 Å². The van der Waals surface area contributed by atoms with E-state index in [0.717, 1.165) is 14.7 Å². The molecule has 0 aliphatic carbocycles. The number of carbonyl (C=O) groups excluding carboxylic acids is 1. The van der Waals surface area contributed by atoms with E-state index in [1.807, 2.05) is 29.7 Å². The van der Waals surface area contributed by atoms with Crippen LogP contribution in [0.25, 0.3) is 10.2 Å². The van der Waals surface area contributed by atoms with Crippen molar-refractivity contribution >= 4 is 53.4 Å². The van der Waals surface area contributed by atoms with Crippen LogP contribution in [0.4, 0.5) is 0 Å². The lowest BCUT2D eigenvalue weighted by atomic mass is 9.99. The number of aryl methyl sites for hydroxylation is 1. The Morgan fingerprint density at radius 3 is 2.88 bits per heavy atom. The Morgan fingerprint density at radius 2 is 2.20 bits per heavy atom. The number of halogens is 1. The molecule has 1 fully saturated rings. The third kappa shape index (κ3) is 4.05. The lowest BCUT2D eigenvalue weighted by molar-refractivity contribution is -0.122. The van der Waals surface area contributed by atoms with Crippen LogP contribution in [0.1, 0.15) is 19.8 Å². The number of nitrogens with zero attached hydrogens (tertiary/aromatic N) is 3. The smallest absolute Gasteiger partial charge is 0.252 e. The second-order valence-corrected chi connectivity index (χ2v) is 10.1. The van der Waals surface area contributed by atoms with E-state index in [4.69, 9.17) is 0 Å². The number of sulfonamides is 1. The van der Waals surface area contributed by atoms with Crippen molar-refractivity contribution in [2.24, 2.45) is 10.9 Å². The summed E-state index contributed by atoms with van der Waals surface area (Å²) in [7, 11) is -3.27. The average Bonchev–Trinajstić information content (AvgIpc) is 2.90. The van der Waals surface area contributed by atoms with Gasteiger partial charge < -0.3 is 4.57 Å². The summed E-state index contributed by atoms with van der Waals surface area (Å²) >= 11 is 4.94. The van der Waals surface area contributed by atoms with Crippen molar-refractivity contribution in [2.75, 3.05) is 19.3 Å². The molecule has 1 aliphatic rings. The fourth-order valence-electron chi connectivity index (χ4n) is 3.07. The molecule has 1 aromatic carbocycles. The van der Waals surface area contributed by atoms with Crippen molar-refractivity contribution in [2.45, 2.75) is 26.3 Å². The average molecular weight is 446 g/mol. The summed E-state index contributed by atoms with van der Waals surface area (Å²) in [4.78, 5) is 17.7. The van der Waals surface area contributed by atoms with Gasteiger partial charge in [0, 0.05) is 24.1 Å². The van der Waals surface area contributed by atoms with Crippen molar-refractivity contribution in [3.63, 3.8) is 0 Å². The summed E-state index contributed by atoms with van der Waals surface area (Å²) < 4.78 is 28.9. The molecule has 1 aliphatic heterocycles. The molecule has 1 amide bonds. The lowest BCUT2D eigenvalue weighted by Crippen LogP contribution is -2.41. The van der Waals surface area contributed by atoms with E-state index >= 15 is 0 Å². The van der Waals surface area contributed by atoms with Gasteiger partial charge in [0.15, 0.2) is 4.80 Å². The Kier molecular flexibility index (Phi) is 5.48. The predicted molar refractivity (Wildman–Crippen MR) is 103 cm³/mol. The normalized spacial score (nSPS) is 20.3. The Bertz CT molecular complexity index is 978. The first-order valence-corrected chi connectivity index (χ1v) is 11.6. The van der Waals surface area contributed by atoms with Gasteiger partial charge >= 0.3 is 0 Å². The van der Waals surface area contributed by atoms with Gasteiger partial charge in [0.2, 0.25) is 10.0 Å². The zero-order valence-corrected chi connectivity index (χ0v) is 17.3. The van der Waals surface area contributed by atoms with Gasteiger partial charge in [-0.1, -0.05) is 27.3 Å². The first kappa shape index (κ1) is 18.8. The summed E-state index contributed by atoms with van der Waals surface area (Å²) in [6.45, 7) is 3.44. The lowest BCUT2D eigenvalue weighted by Gasteiger charge is -2.28. The van der Waals surface area contributed by atoms with Crippen LogP contribution >= 0.6 is 27.3 Å². The third-order valence-corrected chi connectivity index (χ3v) is 7.17. The minimum absolute atomic E-state index is 0.226. The number of fused-ring (bicyclic) bond motifs is 1. The molecule has 9 heteroatoms. The molecule has 2 aromatic rings. The van der Waals surface area contributed by atoms with Crippen molar-refractivity contribution in [3.05, 3.63) is 27.5 Å². The van der Waals surface area contributed by atoms with Gasteiger partial charge in [-0.3, -0.25) is 4.79 Å². The highest BCUT2D eigenvalue weighted by Crippen LogP contribution is 2.23. The fourth-order valence-corrected chi connectivity index (χ4v) is 5.63. The quantitative estimate of drug-likeness (QED) is 0.728. The number of hydrogen-bond acceptors (Lipinski definition) is 4. The molecular formula is C16H20BrN3O3S2. The fraction of sp³-hybridized carbons (Fsp3) is 0.500. The highest BCUT2D eigenvalue weighted by molar-refractivity contribution is 9.10. The van der Waals surface area contributed by atoms with E-state index in [9.17, 15) is 13.2 Å². The van der Waals surface area contributed by atoms with Crippen LogP contribution in [0.5, 0.6) is 0 Å². The number of rotatable bonds is 3. The number of carbonyl (C=O) groups is 1. The molecule has 25 heavy (non-hydrogen) atoms. The zero-order chi connectivity index (χ0) is 18.2. The van der Waals surface area contributed by atoms with E-state index in [2.05, 4.69) is 20.9 Å². The highest BCUT2D eigenvalue weighted by Gasteiger charge is 2.30. The first-order valence-electron chi connectivity index (χ1n) is 8.12. The number of piperidine rings is 1. The highest BCUT2D eigenvalue weighted by atomic mass is 79.9. The zero-order valence-electron chi connectivity index (χ0n) is 14.1. The summed E-state index contributed by atoms with van der Waals surface area (Å²) in [5.41, 5.74) is 1.05. The Hall–Kier alpha value is -1.03. The number of thiazole rings is 1. The number of amides is 1. The van der Waals surface area contributed by atoms with E-state index in [0.29, 0.717) is 30.7 Å². The summed E-state index contributed by atoms with van der Waals surface area (Å²) in [6, 6.07) is 5.99. The summed E-state index contributed by atoms with van der Waals surface area (Å²) in [6.07, 6.45) is 2.55. The van der Waals surface area contributed by atoms with Crippen LogP contribution in [0, 0.1) is 5.92 Å². The van der Waals surface area contributed by atoms with Crippen molar-refractivity contribution in [3.8, 4) is 0 Å². The molecule has 1 unspecified atom stereocenters. The van der Waals surface area contributed by atoms with Gasteiger partial charge in [0.05, 0.1) is 22.4 Å². The molecule has 0 spiro atoms. The second-order valence-electron chi connectivity index (χ2n) is 6.15. The maximum absolute atomic E-state index is 12.6. The standard InChI is InChI=1S/C16H20BrN3O3S2/c1-3-20-13-7-6-12(17)9-14(13)24-16(20)18-15(21)11-5-4-8-19(10-11)25(2,22)23/h6-7,9,11H,3-5,8,10H2,1-2H3. The van der Waals surface area contributed by atoms with E-state index in [1.165, 1.54) is 21.9 Å². The molecule has 0 saturated carbocycles. The molecule has 0 bridgehead atoms. The Morgan fingerprint density at radius 1 is 1.44 bits per heavy atom. The SMILES string of the molecule is CCn1c(=NC(=O)C2CCCN(S(C)(=O)=O)C2)sc2cc(Br)ccc21. The molecule has 6 nitrogen and oxygen atoms in total. The van der Waals surface area contributed by atoms with Crippen LogP contribution in [-0.4, -0.2) is 42.5 Å². The van der Waals surface area contributed by atoms with Crippen LogP contribution in [0.3, 0.4) is 0 Å². The van der Waals surface area contributed by atoms with Gasteiger partial charge in [-0.15, -0.1) is 0 Å². The minimum atomic E-state index is -3.27. The number of benzene rings is 1. The van der Waals surface area contributed by atoms with Crippen molar-refractivity contribution in [1.82, 2.24) is 8.87 Å². The number of hydrogen-bond donors (Lipinski definition) is 0. The van der Waals surface area contributed by atoms with Gasteiger partial charge in [-0.05, 0) is 38.0 Å². The van der Waals surface area contributed by atoms with Crippen molar-refractivity contribution in [1.29, 1.82) is 0 Å². The topological polar surface area (TPSA) is 71.7 Å². The largest absolute Gasteiger partial charge is 0.317 e. The van der Waals surface area contributed by atoms with Gasteiger partial charge in [0.25, 0.3) is 5.91 Å². The third-order valence-electron chi connectivity index (χ3n) is 4.37. The Labute approximate surface area is 159 Å². The Balaban J connectivity index is 1.94. The monoisotopic (exact) mass is 445 g/mol. The predicted octanol–water partition coefficient (Wildman–Crippen LogP) is 2.58. The minimum Gasteiger partial charge on any atom is -0.317 e. The molecule has 1 atom stereocenters. The summed E-state index contributed by atoms with van der Waals surface area (Å²) in [5, 5.41) is 0.